The highest BCUT2D eigenvalue weighted by atomic mass is 16.5. The molecule has 96 valence electrons. The highest BCUT2D eigenvalue weighted by molar-refractivity contribution is 4.92. The maximum absolute atomic E-state index is 9.54. The molecule has 1 saturated carbocycles. The highest BCUT2D eigenvalue weighted by Gasteiger charge is 2.20. The number of hydrogen-bond acceptors (Lipinski definition) is 5. The third-order valence-corrected chi connectivity index (χ3v) is 2.78. The Morgan fingerprint density at radius 1 is 1.65 bits per heavy atom. The first-order valence-corrected chi connectivity index (χ1v) is 6.04. The molecule has 1 atom stereocenters. The first kappa shape index (κ1) is 12.5. The Bertz CT molecular complexity index is 338. The molecule has 6 nitrogen and oxygen atoms in total. The minimum absolute atomic E-state index is 0.315. The van der Waals surface area contributed by atoms with Crippen molar-refractivity contribution in [3.8, 4) is 0 Å². The summed E-state index contributed by atoms with van der Waals surface area (Å²) in [6.07, 6.45) is 4.03. The average Bonchev–Trinajstić information content (AvgIpc) is 3.00. The van der Waals surface area contributed by atoms with Gasteiger partial charge in [-0.25, -0.2) is 4.68 Å². The fourth-order valence-electron chi connectivity index (χ4n) is 1.70. The predicted octanol–water partition coefficient (Wildman–Crippen LogP) is -0.215. The molecule has 2 rings (SSSR count). The van der Waals surface area contributed by atoms with E-state index >= 15 is 0 Å². The zero-order valence-corrected chi connectivity index (χ0v) is 10.2. The van der Waals surface area contributed by atoms with E-state index < -0.39 is 6.10 Å². The normalized spacial score (nSPS) is 17.3. The Morgan fingerprint density at radius 3 is 3.18 bits per heavy atom. The van der Waals surface area contributed by atoms with Crippen LogP contribution in [0.4, 0.5) is 0 Å². The molecule has 0 saturated heterocycles. The summed E-state index contributed by atoms with van der Waals surface area (Å²) < 4.78 is 6.51. The fourth-order valence-corrected chi connectivity index (χ4v) is 1.70. The van der Waals surface area contributed by atoms with Crippen molar-refractivity contribution in [2.75, 3.05) is 20.3 Å². The number of aliphatic hydroxyl groups is 1. The van der Waals surface area contributed by atoms with Crippen LogP contribution in [0.15, 0.2) is 6.20 Å². The van der Waals surface area contributed by atoms with E-state index in [0.29, 0.717) is 13.2 Å². The van der Waals surface area contributed by atoms with E-state index in [1.807, 2.05) is 6.20 Å². The maximum Gasteiger partial charge on any atom is 0.0969 e. The van der Waals surface area contributed by atoms with E-state index in [2.05, 4.69) is 15.6 Å². The van der Waals surface area contributed by atoms with E-state index in [-0.39, 0.29) is 0 Å². The van der Waals surface area contributed by atoms with E-state index in [9.17, 15) is 5.11 Å². The van der Waals surface area contributed by atoms with Gasteiger partial charge in [-0.1, -0.05) is 5.21 Å². The van der Waals surface area contributed by atoms with Crippen molar-refractivity contribution in [2.45, 2.75) is 32.0 Å². The summed E-state index contributed by atoms with van der Waals surface area (Å²) in [5, 5.41) is 20.9. The molecule has 0 bridgehead atoms. The summed E-state index contributed by atoms with van der Waals surface area (Å²) in [5.74, 6) is 0.869. The topological polar surface area (TPSA) is 72.2 Å². The lowest BCUT2D eigenvalue weighted by molar-refractivity contribution is 0.0510. The third kappa shape index (κ3) is 4.41. The molecular weight excluding hydrogens is 220 g/mol. The largest absolute Gasteiger partial charge is 0.389 e. The van der Waals surface area contributed by atoms with Crippen LogP contribution in [0.3, 0.4) is 0 Å². The SMILES string of the molecule is COCC(O)Cn1cc(CNCC2CC2)nn1. The summed E-state index contributed by atoms with van der Waals surface area (Å²) in [7, 11) is 1.57. The molecule has 0 radical (unpaired) electrons. The van der Waals surface area contributed by atoms with Gasteiger partial charge in [0.05, 0.1) is 24.9 Å². The second kappa shape index (κ2) is 6.09. The molecular formula is C11H20N4O2. The predicted molar refractivity (Wildman–Crippen MR) is 62.3 cm³/mol. The fraction of sp³-hybridized carbons (Fsp3) is 0.818. The van der Waals surface area contributed by atoms with Gasteiger partial charge in [0.25, 0.3) is 0 Å². The number of methoxy groups -OCH3 is 1. The second-order valence-corrected chi connectivity index (χ2v) is 4.62. The van der Waals surface area contributed by atoms with Crippen LogP contribution >= 0.6 is 0 Å². The Morgan fingerprint density at radius 2 is 2.47 bits per heavy atom. The van der Waals surface area contributed by atoms with Crippen molar-refractivity contribution < 1.29 is 9.84 Å². The van der Waals surface area contributed by atoms with Crippen LogP contribution < -0.4 is 5.32 Å². The van der Waals surface area contributed by atoms with E-state index in [1.165, 1.54) is 12.8 Å². The van der Waals surface area contributed by atoms with E-state index in [4.69, 9.17) is 4.74 Å². The maximum atomic E-state index is 9.54. The van der Waals surface area contributed by atoms with Gasteiger partial charge in [0.1, 0.15) is 0 Å². The number of nitrogens with zero attached hydrogens (tertiary/aromatic N) is 3. The van der Waals surface area contributed by atoms with Gasteiger partial charge in [0.2, 0.25) is 0 Å². The summed E-state index contributed by atoms with van der Waals surface area (Å²) in [6.45, 7) is 2.55. The van der Waals surface area contributed by atoms with E-state index in [0.717, 1.165) is 24.7 Å². The molecule has 1 aliphatic rings. The van der Waals surface area contributed by atoms with Gasteiger partial charge in [-0.3, -0.25) is 0 Å². The Balaban J connectivity index is 1.70. The number of ether oxygens (including phenoxy) is 1. The minimum atomic E-state index is -0.533. The van der Waals surface area contributed by atoms with E-state index in [1.54, 1.807) is 11.8 Å². The average molecular weight is 240 g/mol. The molecule has 1 unspecified atom stereocenters. The molecule has 1 aliphatic carbocycles. The Kier molecular flexibility index (Phi) is 4.47. The number of hydrogen-bond donors (Lipinski definition) is 2. The van der Waals surface area contributed by atoms with Gasteiger partial charge in [0.15, 0.2) is 0 Å². The van der Waals surface area contributed by atoms with Crippen LogP contribution in [-0.4, -0.2) is 46.5 Å². The monoisotopic (exact) mass is 240 g/mol. The first-order chi connectivity index (χ1) is 8.28. The van der Waals surface area contributed by atoms with Crippen LogP contribution in [0.1, 0.15) is 18.5 Å². The number of aliphatic hydroxyl groups excluding tert-OH is 1. The zero-order chi connectivity index (χ0) is 12.1. The minimum Gasteiger partial charge on any atom is -0.389 e. The summed E-state index contributed by atoms with van der Waals surface area (Å²) in [4.78, 5) is 0. The third-order valence-electron chi connectivity index (χ3n) is 2.78. The lowest BCUT2D eigenvalue weighted by Crippen LogP contribution is -2.21. The molecule has 6 heteroatoms. The number of rotatable bonds is 8. The van der Waals surface area contributed by atoms with Crippen LogP contribution in [-0.2, 0) is 17.8 Å². The van der Waals surface area contributed by atoms with Crippen molar-refractivity contribution in [3.63, 3.8) is 0 Å². The Hall–Kier alpha value is -0.980. The zero-order valence-electron chi connectivity index (χ0n) is 10.2. The standard InChI is InChI=1S/C11H20N4O2/c1-17-8-11(16)7-15-6-10(13-14-15)5-12-4-9-2-3-9/h6,9,11-12,16H,2-5,7-8H2,1H3. The van der Waals surface area contributed by atoms with Gasteiger partial charge < -0.3 is 15.2 Å². The van der Waals surface area contributed by atoms with Crippen molar-refractivity contribution in [3.05, 3.63) is 11.9 Å². The van der Waals surface area contributed by atoms with Crippen molar-refractivity contribution >= 4 is 0 Å². The lowest BCUT2D eigenvalue weighted by atomic mass is 10.3. The molecule has 1 aromatic heterocycles. The summed E-state index contributed by atoms with van der Waals surface area (Å²) in [6, 6.07) is 0. The van der Waals surface area contributed by atoms with Crippen molar-refractivity contribution in [1.82, 2.24) is 20.3 Å². The van der Waals surface area contributed by atoms with Crippen molar-refractivity contribution in [2.24, 2.45) is 5.92 Å². The highest BCUT2D eigenvalue weighted by Crippen LogP contribution is 2.27. The van der Waals surface area contributed by atoms with Gasteiger partial charge in [-0.2, -0.15) is 0 Å². The Labute approximate surface area is 101 Å². The van der Waals surface area contributed by atoms with Crippen LogP contribution in [0.2, 0.25) is 0 Å². The van der Waals surface area contributed by atoms with Gasteiger partial charge >= 0.3 is 0 Å². The molecule has 17 heavy (non-hydrogen) atoms. The van der Waals surface area contributed by atoms with Gasteiger partial charge in [-0.15, -0.1) is 5.10 Å². The molecule has 0 spiro atoms. The molecule has 1 heterocycles. The molecule has 1 fully saturated rings. The summed E-state index contributed by atoms with van der Waals surface area (Å²) >= 11 is 0. The summed E-state index contributed by atoms with van der Waals surface area (Å²) in [5.41, 5.74) is 0.912. The van der Waals surface area contributed by atoms with Crippen LogP contribution in [0.5, 0.6) is 0 Å². The molecule has 0 aliphatic heterocycles. The van der Waals surface area contributed by atoms with Gasteiger partial charge in [0, 0.05) is 19.9 Å². The van der Waals surface area contributed by atoms with Crippen molar-refractivity contribution in [1.29, 1.82) is 0 Å². The molecule has 2 N–H and O–H groups in total. The molecule has 0 aromatic carbocycles. The first-order valence-electron chi connectivity index (χ1n) is 6.04. The molecule has 1 aromatic rings. The van der Waals surface area contributed by atoms with Gasteiger partial charge in [-0.05, 0) is 25.3 Å². The quantitative estimate of drug-likeness (QED) is 0.657. The molecule has 0 amide bonds. The number of nitrogens with one attached hydrogen (secondary N) is 1. The smallest absolute Gasteiger partial charge is 0.0969 e. The number of aromatic nitrogens is 3. The second-order valence-electron chi connectivity index (χ2n) is 4.62. The van der Waals surface area contributed by atoms with Crippen LogP contribution in [0.25, 0.3) is 0 Å². The van der Waals surface area contributed by atoms with Crippen LogP contribution in [0, 0.1) is 5.92 Å². The lowest BCUT2D eigenvalue weighted by Gasteiger charge is -2.07.